The van der Waals surface area contributed by atoms with E-state index in [1.807, 2.05) is 0 Å². The molecule has 0 saturated heterocycles. The Hall–Kier alpha value is -1.75. The second-order valence-electron chi connectivity index (χ2n) is 3.64. The van der Waals surface area contributed by atoms with Crippen molar-refractivity contribution in [2.75, 3.05) is 18.9 Å². The fraction of sp³-hybridized carbons (Fsp3) is 0.417. The molecule has 0 aliphatic rings. The first-order chi connectivity index (χ1) is 8.04. The van der Waals surface area contributed by atoms with Crippen LogP contribution in [-0.2, 0) is 4.74 Å². The summed E-state index contributed by atoms with van der Waals surface area (Å²) in [7, 11) is 0. The molecule has 1 atom stereocenters. The third kappa shape index (κ3) is 3.96. The summed E-state index contributed by atoms with van der Waals surface area (Å²) >= 11 is 0. The molecule has 0 amide bonds. The van der Waals surface area contributed by atoms with Gasteiger partial charge >= 0.3 is 5.97 Å². The molecular formula is C12H17NO4. The average Bonchev–Trinajstić information content (AvgIpc) is 2.26. The first-order valence-corrected chi connectivity index (χ1v) is 5.42. The molecule has 1 aromatic carbocycles. The van der Waals surface area contributed by atoms with Crippen molar-refractivity contribution in [3.8, 4) is 5.75 Å². The van der Waals surface area contributed by atoms with Crippen LogP contribution in [0.5, 0.6) is 5.75 Å². The van der Waals surface area contributed by atoms with Crippen molar-refractivity contribution in [2.24, 2.45) is 0 Å². The summed E-state index contributed by atoms with van der Waals surface area (Å²) in [5, 5.41) is 9.14. The molecule has 0 radical (unpaired) electrons. The largest absolute Gasteiger partial charge is 0.490 e. The Kier molecular flexibility index (Phi) is 4.78. The van der Waals surface area contributed by atoms with Gasteiger partial charge in [0.25, 0.3) is 0 Å². The zero-order valence-corrected chi connectivity index (χ0v) is 9.97. The van der Waals surface area contributed by atoms with Gasteiger partial charge in [-0.1, -0.05) is 0 Å². The van der Waals surface area contributed by atoms with E-state index < -0.39 is 12.1 Å². The SMILES string of the molecule is CCOC(=O)c1ccc(N)cc1OCC(C)O. The van der Waals surface area contributed by atoms with Crippen LogP contribution in [0.15, 0.2) is 18.2 Å². The van der Waals surface area contributed by atoms with Crippen molar-refractivity contribution in [1.29, 1.82) is 0 Å². The van der Waals surface area contributed by atoms with Gasteiger partial charge in [-0.25, -0.2) is 4.79 Å². The summed E-state index contributed by atoms with van der Waals surface area (Å²) in [5.41, 5.74) is 6.41. The Labute approximate surface area is 100 Å². The lowest BCUT2D eigenvalue weighted by Crippen LogP contribution is -2.15. The number of hydrogen-bond acceptors (Lipinski definition) is 5. The maximum atomic E-state index is 11.6. The fourth-order valence-corrected chi connectivity index (χ4v) is 1.25. The van der Waals surface area contributed by atoms with E-state index in [1.54, 1.807) is 26.0 Å². The number of rotatable bonds is 5. The topological polar surface area (TPSA) is 81.8 Å². The Balaban J connectivity index is 2.91. The summed E-state index contributed by atoms with van der Waals surface area (Å²) in [6.45, 7) is 3.71. The Bertz CT molecular complexity index is 390. The standard InChI is InChI=1S/C12H17NO4/c1-3-16-12(15)10-5-4-9(13)6-11(10)17-7-8(2)14/h4-6,8,14H,3,7,13H2,1-2H3. The van der Waals surface area contributed by atoms with E-state index in [2.05, 4.69) is 0 Å². The molecule has 17 heavy (non-hydrogen) atoms. The molecule has 1 rings (SSSR count). The van der Waals surface area contributed by atoms with Gasteiger partial charge in [0, 0.05) is 11.8 Å². The van der Waals surface area contributed by atoms with E-state index in [0.717, 1.165) is 0 Å². The van der Waals surface area contributed by atoms with Crippen molar-refractivity contribution in [3.63, 3.8) is 0 Å². The van der Waals surface area contributed by atoms with Crippen LogP contribution in [0.25, 0.3) is 0 Å². The molecule has 0 aliphatic carbocycles. The molecule has 0 bridgehead atoms. The van der Waals surface area contributed by atoms with Gasteiger partial charge in [0.1, 0.15) is 17.9 Å². The molecule has 1 aromatic rings. The van der Waals surface area contributed by atoms with Crippen molar-refractivity contribution in [1.82, 2.24) is 0 Å². The molecule has 0 aliphatic heterocycles. The van der Waals surface area contributed by atoms with Crippen molar-refractivity contribution in [2.45, 2.75) is 20.0 Å². The molecule has 1 unspecified atom stereocenters. The smallest absolute Gasteiger partial charge is 0.341 e. The zero-order chi connectivity index (χ0) is 12.8. The van der Waals surface area contributed by atoms with Gasteiger partial charge in [0.2, 0.25) is 0 Å². The van der Waals surface area contributed by atoms with Crippen LogP contribution in [0.1, 0.15) is 24.2 Å². The molecule has 5 nitrogen and oxygen atoms in total. The maximum Gasteiger partial charge on any atom is 0.341 e. The summed E-state index contributed by atoms with van der Waals surface area (Å²) in [4.78, 5) is 11.6. The minimum Gasteiger partial charge on any atom is -0.490 e. The van der Waals surface area contributed by atoms with Gasteiger partial charge in [-0.2, -0.15) is 0 Å². The molecule has 94 valence electrons. The van der Waals surface area contributed by atoms with Crippen LogP contribution in [-0.4, -0.2) is 30.4 Å². The number of nitrogens with two attached hydrogens (primary N) is 1. The summed E-state index contributed by atoms with van der Waals surface area (Å²) < 4.78 is 10.2. The maximum absolute atomic E-state index is 11.6. The highest BCUT2D eigenvalue weighted by Crippen LogP contribution is 2.23. The Morgan fingerprint density at radius 1 is 1.53 bits per heavy atom. The van der Waals surface area contributed by atoms with Crippen LogP contribution in [0.4, 0.5) is 5.69 Å². The number of esters is 1. The average molecular weight is 239 g/mol. The van der Waals surface area contributed by atoms with E-state index in [4.69, 9.17) is 20.3 Å². The molecule has 0 saturated carbocycles. The second-order valence-corrected chi connectivity index (χ2v) is 3.64. The molecule has 0 fully saturated rings. The van der Waals surface area contributed by atoms with E-state index in [-0.39, 0.29) is 6.61 Å². The van der Waals surface area contributed by atoms with Crippen LogP contribution in [0, 0.1) is 0 Å². The number of ether oxygens (including phenoxy) is 2. The molecule has 3 N–H and O–H groups in total. The third-order valence-electron chi connectivity index (χ3n) is 1.98. The monoisotopic (exact) mass is 239 g/mol. The lowest BCUT2D eigenvalue weighted by molar-refractivity contribution is 0.0517. The molecule has 0 heterocycles. The second kappa shape index (κ2) is 6.10. The van der Waals surface area contributed by atoms with Gasteiger partial charge in [0.05, 0.1) is 12.7 Å². The third-order valence-corrected chi connectivity index (χ3v) is 1.98. The lowest BCUT2D eigenvalue weighted by atomic mass is 10.2. The number of carbonyl (C=O) groups excluding carboxylic acids is 1. The quantitative estimate of drug-likeness (QED) is 0.596. The predicted octanol–water partition coefficient (Wildman–Crippen LogP) is 1.21. The predicted molar refractivity (Wildman–Crippen MR) is 64.0 cm³/mol. The summed E-state index contributed by atoms with van der Waals surface area (Å²) in [6.07, 6.45) is -0.619. The number of hydrogen-bond donors (Lipinski definition) is 2. The van der Waals surface area contributed by atoms with Gasteiger partial charge in [-0.05, 0) is 26.0 Å². The van der Waals surface area contributed by atoms with Crippen LogP contribution >= 0.6 is 0 Å². The molecule has 0 spiro atoms. The van der Waals surface area contributed by atoms with Crippen molar-refractivity contribution in [3.05, 3.63) is 23.8 Å². The molecule has 0 aromatic heterocycles. The van der Waals surface area contributed by atoms with E-state index in [1.165, 1.54) is 6.07 Å². The minimum atomic E-state index is -0.619. The number of nitrogen functional groups attached to an aromatic ring is 1. The molecule has 5 heteroatoms. The Morgan fingerprint density at radius 2 is 2.24 bits per heavy atom. The van der Waals surface area contributed by atoms with Crippen LogP contribution in [0.2, 0.25) is 0 Å². The van der Waals surface area contributed by atoms with E-state index in [9.17, 15) is 4.79 Å². The van der Waals surface area contributed by atoms with Gasteiger partial charge in [-0.3, -0.25) is 0 Å². The van der Waals surface area contributed by atoms with Gasteiger partial charge < -0.3 is 20.3 Å². The minimum absolute atomic E-state index is 0.0931. The molecular weight excluding hydrogens is 222 g/mol. The number of aliphatic hydroxyl groups is 1. The van der Waals surface area contributed by atoms with Crippen molar-refractivity contribution >= 4 is 11.7 Å². The van der Waals surface area contributed by atoms with Gasteiger partial charge in [-0.15, -0.1) is 0 Å². The van der Waals surface area contributed by atoms with E-state index >= 15 is 0 Å². The van der Waals surface area contributed by atoms with E-state index in [0.29, 0.717) is 23.6 Å². The summed E-state index contributed by atoms with van der Waals surface area (Å²) in [5.74, 6) is -0.141. The van der Waals surface area contributed by atoms with Crippen LogP contribution in [0.3, 0.4) is 0 Å². The number of anilines is 1. The highest BCUT2D eigenvalue weighted by atomic mass is 16.5. The van der Waals surface area contributed by atoms with Crippen molar-refractivity contribution < 1.29 is 19.4 Å². The first-order valence-electron chi connectivity index (χ1n) is 5.42. The lowest BCUT2D eigenvalue weighted by Gasteiger charge is -2.12. The highest BCUT2D eigenvalue weighted by Gasteiger charge is 2.14. The van der Waals surface area contributed by atoms with Crippen LogP contribution < -0.4 is 10.5 Å². The first kappa shape index (κ1) is 13.3. The number of carbonyl (C=O) groups is 1. The number of aliphatic hydroxyl groups excluding tert-OH is 1. The number of benzene rings is 1. The van der Waals surface area contributed by atoms with Gasteiger partial charge in [0.15, 0.2) is 0 Å². The summed E-state index contributed by atoms with van der Waals surface area (Å²) in [6, 6.07) is 4.68. The highest BCUT2D eigenvalue weighted by molar-refractivity contribution is 5.93. The zero-order valence-electron chi connectivity index (χ0n) is 9.97. The fourth-order valence-electron chi connectivity index (χ4n) is 1.25. The Morgan fingerprint density at radius 3 is 2.82 bits per heavy atom. The normalized spacial score (nSPS) is 11.9.